The standard InChI is InChI=1S/C19H19NO5/c20-16(9-21)17(18(22)23)19(24)25-10-15-13-7-3-1-5-11(13)12-6-2-4-8-14(12)15/h1-8,15-17,21H,9-10,20H2,(H,22,23). The monoisotopic (exact) mass is 341 g/mol. The van der Waals surface area contributed by atoms with Gasteiger partial charge in [0.25, 0.3) is 0 Å². The van der Waals surface area contributed by atoms with Crippen LogP contribution in [0.25, 0.3) is 11.1 Å². The average molecular weight is 341 g/mol. The van der Waals surface area contributed by atoms with E-state index < -0.39 is 30.5 Å². The van der Waals surface area contributed by atoms with E-state index in [1.54, 1.807) is 0 Å². The van der Waals surface area contributed by atoms with Gasteiger partial charge >= 0.3 is 11.9 Å². The third-order valence-corrected chi connectivity index (χ3v) is 4.51. The molecule has 0 heterocycles. The molecular weight excluding hydrogens is 322 g/mol. The van der Waals surface area contributed by atoms with Crippen molar-refractivity contribution in [1.29, 1.82) is 0 Å². The third-order valence-electron chi connectivity index (χ3n) is 4.51. The zero-order valence-electron chi connectivity index (χ0n) is 13.5. The smallest absolute Gasteiger partial charge is 0.322 e. The van der Waals surface area contributed by atoms with Crippen molar-refractivity contribution < 1.29 is 24.5 Å². The SMILES string of the molecule is NC(CO)C(C(=O)O)C(=O)OCC1c2ccccc2-c2ccccc21. The Morgan fingerprint density at radius 3 is 2.04 bits per heavy atom. The summed E-state index contributed by atoms with van der Waals surface area (Å²) in [6.07, 6.45) is 0. The highest BCUT2D eigenvalue weighted by atomic mass is 16.5. The Kier molecular flexibility index (Phi) is 4.83. The maximum atomic E-state index is 12.2. The lowest BCUT2D eigenvalue weighted by Gasteiger charge is -2.19. The van der Waals surface area contributed by atoms with Crippen LogP contribution >= 0.6 is 0 Å². The van der Waals surface area contributed by atoms with Crippen molar-refractivity contribution in [2.45, 2.75) is 12.0 Å². The highest BCUT2D eigenvalue weighted by Crippen LogP contribution is 2.44. The summed E-state index contributed by atoms with van der Waals surface area (Å²) in [6.45, 7) is -0.587. The van der Waals surface area contributed by atoms with Gasteiger partial charge in [0.1, 0.15) is 6.61 Å². The summed E-state index contributed by atoms with van der Waals surface area (Å²) in [6, 6.07) is 14.5. The van der Waals surface area contributed by atoms with Crippen molar-refractivity contribution in [2.24, 2.45) is 11.7 Å². The molecule has 3 rings (SSSR count). The molecule has 0 saturated carbocycles. The maximum absolute atomic E-state index is 12.2. The van der Waals surface area contributed by atoms with Gasteiger partial charge in [-0.3, -0.25) is 9.59 Å². The van der Waals surface area contributed by atoms with Crippen LogP contribution in [-0.4, -0.2) is 41.4 Å². The molecule has 25 heavy (non-hydrogen) atoms. The number of benzene rings is 2. The number of rotatable bonds is 6. The van der Waals surface area contributed by atoms with Gasteiger partial charge in [0, 0.05) is 5.92 Å². The number of ether oxygens (including phenoxy) is 1. The van der Waals surface area contributed by atoms with Crippen LogP contribution < -0.4 is 5.73 Å². The van der Waals surface area contributed by atoms with E-state index in [2.05, 4.69) is 0 Å². The number of aliphatic hydroxyl groups is 1. The molecule has 1 aliphatic rings. The predicted molar refractivity (Wildman–Crippen MR) is 90.9 cm³/mol. The molecule has 2 aromatic carbocycles. The van der Waals surface area contributed by atoms with Crippen molar-refractivity contribution in [3.05, 3.63) is 59.7 Å². The summed E-state index contributed by atoms with van der Waals surface area (Å²) in [5.41, 5.74) is 9.77. The van der Waals surface area contributed by atoms with Crippen molar-refractivity contribution in [3.8, 4) is 11.1 Å². The molecule has 0 bridgehead atoms. The van der Waals surface area contributed by atoms with Gasteiger partial charge in [0.15, 0.2) is 5.92 Å². The molecule has 2 unspecified atom stereocenters. The summed E-state index contributed by atoms with van der Waals surface area (Å²) >= 11 is 0. The minimum absolute atomic E-state index is 0.0226. The number of hydrogen-bond donors (Lipinski definition) is 3. The van der Waals surface area contributed by atoms with E-state index in [9.17, 15) is 9.59 Å². The van der Waals surface area contributed by atoms with E-state index in [0.29, 0.717) is 0 Å². The molecule has 6 nitrogen and oxygen atoms in total. The van der Waals surface area contributed by atoms with E-state index in [1.807, 2.05) is 48.5 Å². The fourth-order valence-corrected chi connectivity index (χ4v) is 3.26. The number of carboxylic acid groups (broad SMARTS) is 1. The fourth-order valence-electron chi connectivity index (χ4n) is 3.26. The quantitative estimate of drug-likeness (QED) is 0.541. The number of aliphatic carboxylic acids is 1. The van der Waals surface area contributed by atoms with Crippen LogP contribution in [0, 0.1) is 5.92 Å². The van der Waals surface area contributed by atoms with Crippen LogP contribution in [0.15, 0.2) is 48.5 Å². The Labute approximate surface area is 144 Å². The Balaban J connectivity index is 1.82. The lowest BCUT2D eigenvalue weighted by Crippen LogP contribution is -2.44. The minimum Gasteiger partial charge on any atom is -0.481 e. The first-order chi connectivity index (χ1) is 12.0. The molecular formula is C19H19NO5. The summed E-state index contributed by atoms with van der Waals surface area (Å²) in [5, 5.41) is 18.2. The second-order valence-corrected chi connectivity index (χ2v) is 6.02. The Bertz CT molecular complexity index is 758. The fraction of sp³-hybridized carbons (Fsp3) is 0.263. The number of carbonyl (C=O) groups is 2. The molecule has 130 valence electrons. The van der Waals surface area contributed by atoms with Gasteiger partial charge in [-0.1, -0.05) is 48.5 Å². The van der Waals surface area contributed by atoms with Crippen molar-refractivity contribution >= 4 is 11.9 Å². The van der Waals surface area contributed by atoms with Crippen LogP contribution in [0.1, 0.15) is 17.0 Å². The first-order valence-electron chi connectivity index (χ1n) is 7.98. The lowest BCUT2D eigenvalue weighted by atomic mass is 9.97. The van der Waals surface area contributed by atoms with Crippen LogP contribution in [0.2, 0.25) is 0 Å². The van der Waals surface area contributed by atoms with Gasteiger partial charge in [-0.15, -0.1) is 0 Å². The molecule has 0 fully saturated rings. The maximum Gasteiger partial charge on any atom is 0.322 e. The Morgan fingerprint density at radius 2 is 1.56 bits per heavy atom. The Morgan fingerprint density at radius 1 is 1.04 bits per heavy atom. The van der Waals surface area contributed by atoms with Crippen LogP contribution in [0.4, 0.5) is 0 Å². The van der Waals surface area contributed by atoms with Crippen LogP contribution in [0.5, 0.6) is 0 Å². The zero-order chi connectivity index (χ0) is 18.0. The van der Waals surface area contributed by atoms with Crippen LogP contribution in [0.3, 0.4) is 0 Å². The van der Waals surface area contributed by atoms with Crippen LogP contribution in [-0.2, 0) is 14.3 Å². The third kappa shape index (κ3) is 3.14. The number of fused-ring (bicyclic) bond motifs is 3. The summed E-state index contributed by atoms with van der Waals surface area (Å²) < 4.78 is 5.28. The molecule has 0 spiro atoms. The highest BCUT2D eigenvalue weighted by Gasteiger charge is 2.35. The van der Waals surface area contributed by atoms with Crippen molar-refractivity contribution in [2.75, 3.05) is 13.2 Å². The Hall–Kier alpha value is -2.70. The molecule has 1 aliphatic carbocycles. The number of nitrogens with two attached hydrogens (primary N) is 1. The normalized spacial score (nSPS) is 15.1. The predicted octanol–water partition coefficient (Wildman–Crippen LogP) is 1.36. The van der Waals surface area contributed by atoms with E-state index in [1.165, 1.54) is 0 Å². The van der Waals surface area contributed by atoms with Gasteiger partial charge in [-0.25, -0.2) is 0 Å². The van der Waals surface area contributed by atoms with E-state index in [-0.39, 0.29) is 12.5 Å². The van der Waals surface area contributed by atoms with E-state index in [4.69, 9.17) is 20.7 Å². The average Bonchev–Trinajstić information content (AvgIpc) is 2.93. The molecule has 0 radical (unpaired) electrons. The number of aliphatic hydroxyl groups excluding tert-OH is 1. The van der Waals surface area contributed by atoms with Crippen molar-refractivity contribution in [3.63, 3.8) is 0 Å². The van der Waals surface area contributed by atoms with Gasteiger partial charge in [-0.05, 0) is 22.3 Å². The number of esters is 1. The number of carboxylic acids is 1. The molecule has 0 amide bonds. The van der Waals surface area contributed by atoms with E-state index >= 15 is 0 Å². The van der Waals surface area contributed by atoms with Gasteiger partial charge < -0.3 is 20.7 Å². The van der Waals surface area contributed by atoms with Gasteiger partial charge in [-0.2, -0.15) is 0 Å². The molecule has 2 aromatic rings. The summed E-state index contributed by atoms with van der Waals surface area (Å²) in [4.78, 5) is 23.4. The number of hydrogen-bond acceptors (Lipinski definition) is 5. The van der Waals surface area contributed by atoms with Crippen molar-refractivity contribution in [1.82, 2.24) is 0 Å². The molecule has 0 saturated heterocycles. The van der Waals surface area contributed by atoms with Gasteiger partial charge in [0.2, 0.25) is 0 Å². The minimum atomic E-state index is -1.59. The highest BCUT2D eigenvalue weighted by molar-refractivity contribution is 5.95. The molecule has 0 aliphatic heterocycles. The summed E-state index contributed by atoms with van der Waals surface area (Å²) in [7, 11) is 0. The molecule has 0 aromatic heterocycles. The second-order valence-electron chi connectivity index (χ2n) is 6.02. The number of carbonyl (C=O) groups excluding carboxylic acids is 1. The largest absolute Gasteiger partial charge is 0.481 e. The lowest BCUT2D eigenvalue weighted by molar-refractivity contribution is -0.160. The first kappa shape index (κ1) is 17.1. The first-order valence-corrected chi connectivity index (χ1v) is 7.98. The second kappa shape index (κ2) is 7.04. The van der Waals surface area contributed by atoms with Gasteiger partial charge in [0.05, 0.1) is 12.6 Å². The molecule has 6 heteroatoms. The topological polar surface area (TPSA) is 110 Å². The zero-order valence-corrected chi connectivity index (χ0v) is 13.5. The molecule has 4 N–H and O–H groups in total. The summed E-state index contributed by atoms with van der Waals surface area (Å²) in [5.74, 6) is -4.08. The van der Waals surface area contributed by atoms with E-state index in [0.717, 1.165) is 22.3 Å². The molecule has 2 atom stereocenters.